The summed E-state index contributed by atoms with van der Waals surface area (Å²) in [5.74, 6) is 0.278. The highest BCUT2D eigenvalue weighted by atomic mass is 16.5. The third kappa shape index (κ3) is 4.64. The fraction of sp³-hybridized carbons (Fsp3) is 0.619. The molecule has 2 amide bonds. The zero-order chi connectivity index (χ0) is 20.1. The average molecular weight is 389 g/mol. The van der Waals surface area contributed by atoms with Gasteiger partial charge in [0.15, 0.2) is 0 Å². The predicted octanol–water partition coefficient (Wildman–Crippen LogP) is 1.15. The van der Waals surface area contributed by atoms with E-state index in [1.807, 2.05) is 53.1 Å². The molecule has 1 aromatic rings. The molecule has 7 nitrogen and oxygen atoms in total. The smallest absolute Gasteiger partial charge is 0.253 e. The Kier molecular flexibility index (Phi) is 6.91. The van der Waals surface area contributed by atoms with Crippen LogP contribution in [-0.4, -0.2) is 99.6 Å². The largest absolute Gasteiger partial charge is 0.383 e. The fourth-order valence-electron chi connectivity index (χ4n) is 4.04. The van der Waals surface area contributed by atoms with Crippen LogP contribution in [0.5, 0.6) is 0 Å². The summed E-state index contributed by atoms with van der Waals surface area (Å²) in [6, 6.07) is 7.70. The van der Waals surface area contributed by atoms with E-state index >= 15 is 0 Å². The molecule has 1 atom stereocenters. The normalized spacial score (nSPS) is 21.1. The molecular formula is C21H32N4O3. The van der Waals surface area contributed by atoms with Crippen LogP contribution in [0.15, 0.2) is 24.3 Å². The van der Waals surface area contributed by atoms with Crippen LogP contribution in [0.4, 0.5) is 5.69 Å². The lowest BCUT2D eigenvalue weighted by Gasteiger charge is -2.26. The van der Waals surface area contributed by atoms with Gasteiger partial charge in [-0.1, -0.05) is 6.07 Å². The number of methoxy groups -OCH3 is 1. The van der Waals surface area contributed by atoms with E-state index < -0.39 is 0 Å². The van der Waals surface area contributed by atoms with Crippen LogP contribution >= 0.6 is 0 Å². The predicted molar refractivity (Wildman–Crippen MR) is 110 cm³/mol. The number of rotatable bonds is 6. The molecule has 7 heteroatoms. The van der Waals surface area contributed by atoms with E-state index in [-0.39, 0.29) is 17.9 Å². The molecule has 0 radical (unpaired) electrons. The van der Waals surface area contributed by atoms with E-state index in [9.17, 15) is 9.59 Å². The van der Waals surface area contributed by atoms with Crippen LogP contribution in [0, 0.1) is 0 Å². The van der Waals surface area contributed by atoms with Crippen LogP contribution in [0.25, 0.3) is 0 Å². The van der Waals surface area contributed by atoms with E-state index in [0.717, 1.165) is 50.3 Å². The molecule has 0 bridgehead atoms. The lowest BCUT2D eigenvalue weighted by molar-refractivity contribution is -0.132. The van der Waals surface area contributed by atoms with Crippen LogP contribution in [0.2, 0.25) is 0 Å². The average Bonchev–Trinajstić information content (AvgIpc) is 2.91. The number of ether oxygens (including phenoxy) is 1. The molecule has 0 saturated carbocycles. The molecule has 154 valence electrons. The second kappa shape index (κ2) is 9.39. The summed E-state index contributed by atoms with van der Waals surface area (Å²) in [7, 11) is 5.61. The molecule has 2 saturated heterocycles. The van der Waals surface area contributed by atoms with Crippen molar-refractivity contribution >= 4 is 17.5 Å². The third-order valence-corrected chi connectivity index (χ3v) is 5.70. The minimum atomic E-state index is -0.0519. The van der Waals surface area contributed by atoms with Crippen molar-refractivity contribution in [2.75, 3.05) is 72.0 Å². The van der Waals surface area contributed by atoms with Crippen LogP contribution < -0.4 is 4.90 Å². The Labute approximate surface area is 167 Å². The van der Waals surface area contributed by atoms with Gasteiger partial charge in [-0.25, -0.2) is 0 Å². The number of hydrogen-bond acceptors (Lipinski definition) is 5. The molecule has 2 aliphatic heterocycles. The zero-order valence-electron chi connectivity index (χ0n) is 17.3. The van der Waals surface area contributed by atoms with Crippen molar-refractivity contribution in [3.05, 3.63) is 29.8 Å². The zero-order valence-corrected chi connectivity index (χ0v) is 17.3. The summed E-state index contributed by atoms with van der Waals surface area (Å²) in [5.41, 5.74) is 1.75. The highest BCUT2D eigenvalue weighted by molar-refractivity contribution is 5.95. The van der Waals surface area contributed by atoms with Crippen molar-refractivity contribution < 1.29 is 14.3 Å². The Bertz CT molecular complexity index is 694. The quantitative estimate of drug-likeness (QED) is 0.732. The number of nitrogens with zero attached hydrogens (tertiary/aromatic N) is 4. The molecular weight excluding hydrogens is 356 g/mol. The molecule has 0 aromatic heterocycles. The van der Waals surface area contributed by atoms with Crippen molar-refractivity contribution in [3.8, 4) is 0 Å². The van der Waals surface area contributed by atoms with Gasteiger partial charge in [0.05, 0.1) is 12.6 Å². The molecule has 0 spiro atoms. The van der Waals surface area contributed by atoms with Crippen molar-refractivity contribution in [2.45, 2.75) is 18.9 Å². The van der Waals surface area contributed by atoms with Gasteiger partial charge in [0, 0.05) is 71.7 Å². The summed E-state index contributed by atoms with van der Waals surface area (Å²) in [6.45, 7) is 5.02. The van der Waals surface area contributed by atoms with Gasteiger partial charge in [0.25, 0.3) is 5.91 Å². The van der Waals surface area contributed by atoms with E-state index in [1.54, 1.807) is 7.11 Å². The molecule has 2 heterocycles. The first kappa shape index (κ1) is 20.6. The first-order chi connectivity index (χ1) is 13.5. The molecule has 0 N–H and O–H groups in total. The van der Waals surface area contributed by atoms with Crippen LogP contribution in [0.3, 0.4) is 0 Å². The lowest BCUT2D eigenvalue weighted by atomic mass is 10.1. The van der Waals surface area contributed by atoms with Gasteiger partial charge in [-0.05, 0) is 31.0 Å². The number of benzene rings is 1. The van der Waals surface area contributed by atoms with Crippen LogP contribution in [-0.2, 0) is 9.53 Å². The summed E-state index contributed by atoms with van der Waals surface area (Å²) in [5, 5.41) is 0. The van der Waals surface area contributed by atoms with E-state index in [2.05, 4.69) is 4.90 Å². The SMILES string of the molecule is COCCN1CC[C@H](N2CCCN(C(=O)c3cccc(N(C)C)c3)CC2)C1=O. The number of hydrogen-bond donors (Lipinski definition) is 0. The monoisotopic (exact) mass is 388 g/mol. The first-order valence-electron chi connectivity index (χ1n) is 10.1. The number of carbonyl (C=O) groups excluding carboxylic acids is 2. The van der Waals surface area contributed by atoms with Gasteiger partial charge in [-0.3, -0.25) is 14.5 Å². The maximum absolute atomic E-state index is 13.0. The molecule has 3 rings (SSSR count). The minimum Gasteiger partial charge on any atom is -0.383 e. The van der Waals surface area contributed by atoms with E-state index in [0.29, 0.717) is 19.7 Å². The van der Waals surface area contributed by atoms with Crippen molar-refractivity contribution in [1.29, 1.82) is 0 Å². The van der Waals surface area contributed by atoms with Gasteiger partial charge >= 0.3 is 0 Å². The summed E-state index contributed by atoms with van der Waals surface area (Å²) in [6.07, 6.45) is 1.75. The molecule has 2 fully saturated rings. The van der Waals surface area contributed by atoms with Gasteiger partial charge in [0.2, 0.25) is 5.91 Å². The second-order valence-corrected chi connectivity index (χ2v) is 7.75. The number of anilines is 1. The standard InChI is InChI=1S/C21H32N4O3/c1-22(2)18-7-4-6-17(16-18)20(26)24-10-5-9-23(12-13-24)19-8-11-25(21(19)27)14-15-28-3/h4,6-7,16,19H,5,8-15H2,1-3H3/t19-/m0/s1. The van der Waals surface area contributed by atoms with Gasteiger partial charge in [-0.2, -0.15) is 0 Å². The molecule has 1 aromatic carbocycles. The summed E-state index contributed by atoms with van der Waals surface area (Å²) >= 11 is 0. The Morgan fingerprint density at radius 3 is 2.75 bits per heavy atom. The topological polar surface area (TPSA) is 56.3 Å². The maximum atomic E-state index is 13.0. The third-order valence-electron chi connectivity index (χ3n) is 5.70. The van der Waals surface area contributed by atoms with Crippen molar-refractivity contribution in [1.82, 2.24) is 14.7 Å². The molecule has 0 unspecified atom stereocenters. The summed E-state index contributed by atoms with van der Waals surface area (Å²) in [4.78, 5) is 33.8. The van der Waals surface area contributed by atoms with Gasteiger partial charge in [0.1, 0.15) is 0 Å². The number of amides is 2. The Balaban J connectivity index is 1.60. The van der Waals surface area contributed by atoms with Crippen LogP contribution in [0.1, 0.15) is 23.2 Å². The highest BCUT2D eigenvalue weighted by Gasteiger charge is 2.36. The van der Waals surface area contributed by atoms with Gasteiger partial charge < -0.3 is 19.4 Å². The van der Waals surface area contributed by atoms with Crippen molar-refractivity contribution in [3.63, 3.8) is 0 Å². The molecule has 0 aliphatic carbocycles. The number of likely N-dealkylation sites (tertiary alicyclic amines) is 1. The maximum Gasteiger partial charge on any atom is 0.253 e. The van der Waals surface area contributed by atoms with Crippen molar-refractivity contribution in [2.24, 2.45) is 0 Å². The summed E-state index contributed by atoms with van der Waals surface area (Å²) < 4.78 is 5.10. The highest BCUT2D eigenvalue weighted by Crippen LogP contribution is 2.20. The first-order valence-corrected chi connectivity index (χ1v) is 10.1. The fourth-order valence-corrected chi connectivity index (χ4v) is 4.04. The minimum absolute atomic E-state index is 0.0519. The molecule has 28 heavy (non-hydrogen) atoms. The Hall–Kier alpha value is -2.12. The van der Waals surface area contributed by atoms with E-state index in [1.165, 1.54) is 0 Å². The van der Waals surface area contributed by atoms with Gasteiger partial charge in [-0.15, -0.1) is 0 Å². The Morgan fingerprint density at radius 1 is 1.18 bits per heavy atom. The second-order valence-electron chi connectivity index (χ2n) is 7.75. The molecule has 2 aliphatic rings. The Morgan fingerprint density at radius 2 is 2.00 bits per heavy atom. The number of carbonyl (C=O) groups is 2. The lowest BCUT2D eigenvalue weighted by Crippen LogP contribution is -2.44. The van der Waals surface area contributed by atoms with E-state index in [4.69, 9.17) is 4.74 Å².